The van der Waals surface area contributed by atoms with Crippen molar-refractivity contribution in [1.82, 2.24) is 0 Å². The first-order valence-electron chi connectivity index (χ1n) is 16.5. The van der Waals surface area contributed by atoms with E-state index in [0.29, 0.717) is 0 Å². The molecule has 6 nitrogen and oxygen atoms in total. The Bertz CT molecular complexity index is 1550. The number of rotatable bonds is 0. The average molecular weight is 621 g/mol. The van der Waals surface area contributed by atoms with Crippen molar-refractivity contribution in [3.63, 3.8) is 0 Å². The standard InChI is InChI=1S/C40H44O6/c1-33(2)29(41)17-18-30(42)35(5,6)39-23-24-40(46-39,28-16-12-11-15-27(28)39)36(7,8)32(44)20-19-31(43)34(3,4)38-22-21-37(33,45-38)25-13-9-10-14-26(25)38/h9-16,21-24H,17-20H2,1-8H3/t37-,38-,39-,40+/m0/s1. The van der Waals surface area contributed by atoms with Crippen LogP contribution in [-0.2, 0) is 51.1 Å². The molecule has 240 valence electrons. The van der Waals surface area contributed by atoms with E-state index in [9.17, 15) is 19.2 Å². The van der Waals surface area contributed by atoms with Gasteiger partial charge in [0.1, 0.15) is 45.5 Å². The van der Waals surface area contributed by atoms with Gasteiger partial charge in [0.05, 0.1) is 21.7 Å². The lowest BCUT2D eigenvalue weighted by molar-refractivity contribution is -0.187. The van der Waals surface area contributed by atoms with Crippen LogP contribution in [0.3, 0.4) is 0 Å². The molecule has 5 aliphatic heterocycles. The molecule has 4 bridgehead atoms. The number of hydrogen-bond acceptors (Lipinski definition) is 6. The highest BCUT2D eigenvalue weighted by molar-refractivity contribution is 5.96. The van der Waals surface area contributed by atoms with E-state index in [0.717, 1.165) is 22.3 Å². The van der Waals surface area contributed by atoms with Crippen LogP contribution in [0.25, 0.3) is 0 Å². The van der Waals surface area contributed by atoms with Crippen LogP contribution >= 0.6 is 0 Å². The quantitative estimate of drug-likeness (QED) is 0.287. The molecule has 0 spiro atoms. The summed E-state index contributed by atoms with van der Waals surface area (Å²) in [4.78, 5) is 57.2. The summed E-state index contributed by atoms with van der Waals surface area (Å²) in [5.74, 6) is -0.362. The Morgan fingerprint density at radius 1 is 0.391 bits per heavy atom. The van der Waals surface area contributed by atoms with Gasteiger partial charge in [-0.25, -0.2) is 0 Å². The Kier molecular flexibility index (Phi) is 6.16. The van der Waals surface area contributed by atoms with E-state index in [2.05, 4.69) is 0 Å². The first kappa shape index (κ1) is 31.1. The van der Waals surface area contributed by atoms with Gasteiger partial charge >= 0.3 is 0 Å². The zero-order valence-electron chi connectivity index (χ0n) is 28.2. The van der Waals surface area contributed by atoms with Crippen LogP contribution in [0.5, 0.6) is 0 Å². The van der Waals surface area contributed by atoms with E-state index in [1.807, 2.05) is 128 Å². The van der Waals surface area contributed by atoms with Gasteiger partial charge in [-0.2, -0.15) is 0 Å². The predicted octanol–water partition coefficient (Wildman–Crippen LogP) is 7.32. The summed E-state index contributed by atoms with van der Waals surface area (Å²) in [6.45, 7) is 15.0. The van der Waals surface area contributed by atoms with Crippen molar-refractivity contribution in [3.05, 3.63) is 95.1 Å². The number of hydrogen-bond donors (Lipinski definition) is 0. The Morgan fingerprint density at radius 2 is 0.587 bits per heavy atom. The van der Waals surface area contributed by atoms with Crippen molar-refractivity contribution >= 4 is 23.1 Å². The molecule has 0 unspecified atom stereocenters. The van der Waals surface area contributed by atoms with Crippen molar-refractivity contribution in [2.24, 2.45) is 21.7 Å². The summed E-state index contributed by atoms with van der Waals surface area (Å²) in [6.07, 6.45) is 7.91. The predicted molar refractivity (Wildman–Crippen MR) is 174 cm³/mol. The van der Waals surface area contributed by atoms with Gasteiger partial charge in [-0.3, -0.25) is 19.2 Å². The van der Waals surface area contributed by atoms with Crippen LogP contribution in [0.4, 0.5) is 0 Å². The molecule has 7 rings (SSSR count). The molecule has 46 heavy (non-hydrogen) atoms. The smallest absolute Gasteiger partial charge is 0.142 e. The lowest BCUT2D eigenvalue weighted by Crippen LogP contribution is -2.50. The van der Waals surface area contributed by atoms with Gasteiger partial charge in [-0.15, -0.1) is 0 Å². The van der Waals surface area contributed by atoms with Crippen molar-refractivity contribution < 1.29 is 28.7 Å². The minimum Gasteiger partial charge on any atom is -0.349 e. The fourth-order valence-electron chi connectivity index (χ4n) is 9.18. The number of ether oxygens (including phenoxy) is 2. The zero-order valence-corrected chi connectivity index (χ0v) is 28.2. The Hall–Kier alpha value is -3.48. The minimum atomic E-state index is -1.11. The topological polar surface area (TPSA) is 86.7 Å². The van der Waals surface area contributed by atoms with E-state index in [1.165, 1.54) is 0 Å². The first-order chi connectivity index (χ1) is 21.4. The lowest BCUT2D eigenvalue weighted by Gasteiger charge is -2.44. The second kappa shape index (κ2) is 9.11. The fourth-order valence-corrected chi connectivity index (χ4v) is 9.18. The minimum absolute atomic E-state index is 0.0300. The highest BCUT2D eigenvalue weighted by atomic mass is 16.5. The van der Waals surface area contributed by atoms with Gasteiger partial charge < -0.3 is 9.47 Å². The molecule has 0 saturated carbocycles. The highest BCUT2D eigenvalue weighted by Gasteiger charge is 2.70. The molecule has 6 heteroatoms. The number of fused-ring (bicyclic) bond motifs is 2. The molecule has 0 radical (unpaired) electrons. The van der Waals surface area contributed by atoms with Crippen LogP contribution in [0.2, 0.25) is 0 Å². The first-order valence-corrected chi connectivity index (χ1v) is 16.5. The van der Waals surface area contributed by atoms with Gasteiger partial charge in [0.15, 0.2) is 0 Å². The molecule has 4 atom stereocenters. The second-order valence-corrected chi connectivity index (χ2v) is 16.1. The zero-order chi connectivity index (χ0) is 33.3. The summed E-state index contributed by atoms with van der Waals surface area (Å²) in [7, 11) is 0. The van der Waals surface area contributed by atoms with Crippen molar-refractivity contribution in [2.75, 3.05) is 0 Å². The fraction of sp³-hybridized carbons (Fsp3) is 0.500. The number of ketones is 4. The molecule has 2 aromatic carbocycles. The van der Waals surface area contributed by atoms with Gasteiger partial charge in [0, 0.05) is 25.7 Å². The van der Waals surface area contributed by atoms with E-state index < -0.39 is 44.1 Å². The third kappa shape index (κ3) is 3.30. The van der Waals surface area contributed by atoms with Crippen LogP contribution in [0.15, 0.2) is 72.8 Å². The summed E-state index contributed by atoms with van der Waals surface area (Å²) in [5.41, 5.74) is -5.20. The molecular formula is C40H44O6. The van der Waals surface area contributed by atoms with Gasteiger partial charge in [-0.1, -0.05) is 48.5 Å². The molecule has 0 amide bonds. The summed E-state index contributed by atoms with van der Waals surface area (Å²) < 4.78 is 14.1. The SMILES string of the molecule is CC1(C)C(=O)CCC(=O)C(C)(C)[C@@]23C=C[C@@](O2)(c2ccccc23)C(C)(C)C(=O)CCC(=O)C(C)(C)[C@@]23C=C[C@]1(O2)c1ccccc13. The molecule has 0 aromatic heterocycles. The number of benzene rings is 2. The maximum absolute atomic E-state index is 14.3. The normalized spacial score (nSPS) is 36.3. The Labute approximate surface area is 271 Å². The second-order valence-electron chi connectivity index (χ2n) is 16.1. The maximum Gasteiger partial charge on any atom is 0.142 e. The molecule has 0 aliphatic carbocycles. The number of carbonyl (C=O) groups excluding carboxylic acids is 4. The Morgan fingerprint density at radius 3 is 0.783 bits per heavy atom. The number of Topliss-reactive ketones (excluding diaryl/α,β-unsaturated/α-hetero) is 4. The van der Waals surface area contributed by atoms with Crippen molar-refractivity contribution in [1.29, 1.82) is 0 Å². The van der Waals surface area contributed by atoms with E-state index >= 15 is 0 Å². The molecule has 5 aliphatic rings. The van der Waals surface area contributed by atoms with Gasteiger partial charge in [-0.05, 0) is 102 Å². The van der Waals surface area contributed by atoms with E-state index in [-0.39, 0.29) is 48.8 Å². The van der Waals surface area contributed by atoms with Crippen LogP contribution < -0.4 is 0 Å². The van der Waals surface area contributed by atoms with Crippen LogP contribution in [0.1, 0.15) is 103 Å². The van der Waals surface area contributed by atoms with Crippen molar-refractivity contribution in [2.45, 2.75) is 103 Å². The highest BCUT2D eigenvalue weighted by Crippen LogP contribution is 2.68. The third-order valence-electron chi connectivity index (χ3n) is 12.9. The van der Waals surface area contributed by atoms with Gasteiger partial charge in [0.2, 0.25) is 0 Å². The molecule has 1 saturated heterocycles. The van der Waals surface area contributed by atoms with Gasteiger partial charge in [0.25, 0.3) is 0 Å². The van der Waals surface area contributed by atoms with E-state index in [4.69, 9.17) is 9.47 Å². The third-order valence-corrected chi connectivity index (χ3v) is 12.9. The average Bonchev–Trinajstić information content (AvgIpc) is 3.79. The lowest BCUT2D eigenvalue weighted by atomic mass is 9.60. The number of carbonyl (C=O) groups is 4. The summed E-state index contributed by atoms with van der Waals surface area (Å²) >= 11 is 0. The van der Waals surface area contributed by atoms with Crippen LogP contribution in [0, 0.1) is 21.7 Å². The monoisotopic (exact) mass is 620 g/mol. The maximum atomic E-state index is 14.3. The molecule has 1 fully saturated rings. The molecule has 2 aromatic rings. The largest absolute Gasteiger partial charge is 0.349 e. The molecule has 0 N–H and O–H groups in total. The molecule has 5 heterocycles. The van der Waals surface area contributed by atoms with Crippen molar-refractivity contribution in [3.8, 4) is 0 Å². The Balaban J connectivity index is 1.38. The summed E-state index contributed by atoms with van der Waals surface area (Å²) in [5, 5.41) is 0. The van der Waals surface area contributed by atoms with E-state index in [1.54, 1.807) is 0 Å². The molecular weight excluding hydrogens is 576 g/mol. The van der Waals surface area contributed by atoms with Crippen LogP contribution in [-0.4, -0.2) is 23.1 Å². The summed E-state index contributed by atoms with van der Waals surface area (Å²) in [6, 6.07) is 15.6.